The van der Waals surface area contributed by atoms with Crippen molar-refractivity contribution in [3.63, 3.8) is 0 Å². The number of primary amides is 1. The first-order valence-corrected chi connectivity index (χ1v) is 6.37. The summed E-state index contributed by atoms with van der Waals surface area (Å²) in [4.78, 5) is 10.5. The van der Waals surface area contributed by atoms with Gasteiger partial charge in [-0.1, -0.05) is 0 Å². The van der Waals surface area contributed by atoms with Crippen molar-refractivity contribution in [3.8, 4) is 0 Å². The molecule has 0 aliphatic rings. The Balaban J connectivity index is 2.67. The van der Waals surface area contributed by atoms with Gasteiger partial charge < -0.3 is 11.1 Å². The molecule has 0 aliphatic carbocycles. The van der Waals surface area contributed by atoms with Crippen LogP contribution >= 0.6 is 0 Å². The fourth-order valence-corrected chi connectivity index (χ4v) is 2.78. The maximum absolute atomic E-state index is 11.9. The summed E-state index contributed by atoms with van der Waals surface area (Å²) in [7, 11) is -3.61. The Hall–Kier alpha value is -1.61. The number of aryl methyl sites for hydroxylation is 2. The van der Waals surface area contributed by atoms with Gasteiger partial charge in [-0.3, -0.25) is 5.10 Å². The Morgan fingerprint density at radius 3 is 2.53 bits per heavy atom. The average molecular weight is 261 g/mol. The van der Waals surface area contributed by atoms with E-state index in [4.69, 9.17) is 5.73 Å². The molecule has 0 unspecified atom stereocenters. The van der Waals surface area contributed by atoms with Gasteiger partial charge >= 0.3 is 6.03 Å². The molecule has 17 heavy (non-hydrogen) atoms. The standard InChI is InChI=1S/C8H15N5O3S/c1-5-7(6(2)13-12-5)17(15,16)11-4-3-10-8(9)14/h11H,3-4H2,1-2H3,(H,12,13)(H3,9,10,14). The number of urea groups is 1. The third kappa shape index (κ3) is 3.43. The van der Waals surface area contributed by atoms with Crippen LogP contribution in [0.15, 0.2) is 4.90 Å². The fraction of sp³-hybridized carbons (Fsp3) is 0.500. The van der Waals surface area contributed by atoms with Crippen molar-refractivity contribution >= 4 is 16.1 Å². The minimum atomic E-state index is -3.61. The molecule has 96 valence electrons. The summed E-state index contributed by atoms with van der Waals surface area (Å²) in [6.45, 7) is 3.41. The van der Waals surface area contributed by atoms with Crippen molar-refractivity contribution in [2.45, 2.75) is 18.7 Å². The van der Waals surface area contributed by atoms with Gasteiger partial charge in [0.15, 0.2) is 0 Å². The lowest BCUT2D eigenvalue weighted by Gasteiger charge is -2.06. The van der Waals surface area contributed by atoms with E-state index in [9.17, 15) is 13.2 Å². The Morgan fingerprint density at radius 2 is 2.06 bits per heavy atom. The molecule has 0 saturated carbocycles. The maximum Gasteiger partial charge on any atom is 0.312 e. The van der Waals surface area contributed by atoms with E-state index in [2.05, 4.69) is 20.2 Å². The number of hydrogen-bond acceptors (Lipinski definition) is 4. The summed E-state index contributed by atoms with van der Waals surface area (Å²) < 4.78 is 26.1. The van der Waals surface area contributed by atoms with E-state index in [1.807, 2.05) is 0 Å². The number of sulfonamides is 1. The van der Waals surface area contributed by atoms with Crippen molar-refractivity contribution in [2.75, 3.05) is 13.1 Å². The topological polar surface area (TPSA) is 130 Å². The zero-order valence-electron chi connectivity index (χ0n) is 9.57. The SMILES string of the molecule is Cc1n[nH]c(C)c1S(=O)(=O)NCCNC(N)=O. The first-order valence-electron chi connectivity index (χ1n) is 4.89. The van der Waals surface area contributed by atoms with Crippen molar-refractivity contribution in [1.29, 1.82) is 0 Å². The minimum absolute atomic E-state index is 0.0648. The second kappa shape index (κ2) is 5.15. The molecule has 1 rings (SSSR count). The van der Waals surface area contributed by atoms with Gasteiger partial charge in [-0.25, -0.2) is 17.9 Å². The second-order valence-electron chi connectivity index (χ2n) is 3.45. The number of amides is 2. The summed E-state index contributed by atoms with van der Waals surface area (Å²) in [6.07, 6.45) is 0. The third-order valence-electron chi connectivity index (χ3n) is 2.05. The minimum Gasteiger partial charge on any atom is -0.352 e. The van der Waals surface area contributed by atoms with E-state index in [0.29, 0.717) is 11.4 Å². The van der Waals surface area contributed by atoms with Gasteiger partial charge in [-0.15, -0.1) is 0 Å². The van der Waals surface area contributed by atoms with Crippen LogP contribution in [0.1, 0.15) is 11.4 Å². The van der Waals surface area contributed by atoms with Gasteiger partial charge in [-0.05, 0) is 13.8 Å². The number of aromatic amines is 1. The van der Waals surface area contributed by atoms with Crippen LogP contribution in [0.5, 0.6) is 0 Å². The van der Waals surface area contributed by atoms with Crippen LogP contribution in [-0.4, -0.2) is 37.7 Å². The molecule has 5 N–H and O–H groups in total. The zero-order chi connectivity index (χ0) is 13.1. The van der Waals surface area contributed by atoms with E-state index in [1.165, 1.54) is 0 Å². The van der Waals surface area contributed by atoms with Crippen molar-refractivity contribution in [3.05, 3.63) is 11.4 Å². The smallest absolute Gasteiger partial charge is 0.312 e. The molecule has 0 bridgehead atoms. The van der Waals surface area contributed by atoms with Gasteiger partial charge in [-0.2, -0.15) is 5.10 Å². The summed E-state index contributed by atoms with van der Waals surface area (Å²) in [5, 5.41) is 8.68. The summed E-state index contributed by atoms with van der Waals surface area (Å²) >= 11 is 0. The summed E-state index contributed by atoms with van der Waals surface area (Å²) in [5.74, 6) is 0. The highest BCUT2D eigenvalue weighted by molar-refractivity contribution is 7.89. The van der Waals surface area contributed by atoms with Gasteiger partial charge in [0, 0.05) is 13.1 Å². The van der Waals surface area contributed by atoms with E-state index in [1.54, 1.807) is 13.8 Å². The predicted molar refractivity (Wildman–Crippen MR) is 60.8 cm³/mol. The first kappa shape index (κ1) is 13.5. The zero-order valence-corrected chi connectivity index (χ0v) is 10.4. The Bertz CT molecular complexity index is 488. The highest BCUT2D eigenvalue weighted by atomic mass is 32.2. The maximum atomic E-state index is 11.9. The molecule has 0 fully saturated rings. The molecule has 8 nitrogen and oxygen atoms in total. The lowest BCUT2D eigenvalue weighted by atomic mass is 10.4. The number of aromatic nitrogens is 2. The van der Waals surface area contributed by atoms with E-state index < -0.39 is 16.1 Å². The largest absolute Gasteiger partial charge is 0.352 e. The molecule has 0 atom stereocenters. The monoisotopic (exact) mass is 261 g/mol. The number of nitrogens with one attached hydrogen (secondary N) is 3. The molecular weight excluding hydrogens is 246 g/mol. The lowest BCUT2D eigenvalue weighted by molar-refractivity contribution is 0.249. The molecule has 1 aromatic rings. The predicted octanol–water partition coefficient (Wildman–Crippen LogP) is -1.03. The van der Waals surface area contributed by atoms with Crippen LogP contribution in [0.3, 0.4) is 0 Å². The molecule has 1 aromatic heterocycles. The third-order valence-corrected chi connectivity index (χ3v) is 3.77. The van der Waals surface area contributed by atoms with Gasteiger partial charge in [0.05, 0.1) is 11.4 Å². The molecule has 9 heteroatoms. The number of nitrogens with zero attached hydrogens (tertiary/aromatic N) is 1. The Kier molecular flexibility index (Phi) is 4.07. The molecule has 1 heterocycles. The number of nitrogens with two attached hydrogens (primary N) is 1. The molecule has 0 radical (unpaired) electrons. The highest BCUT2D eigenvalue weighted by Gasteiger charge is 2.21. The van der Waals surface area contributed by atoms with E-state index in [-0.39, 0.29) is 18.0 Å². The van der Waals surface area contributed by atoms with Crippen molar-refractivity contribution < 1.29 is 13.2 Å². The van der Waals surface area contributed by atoms with Crippen LogP contribution in [0.25, 0.3) is 0 Å². The Labute approximate surface area is 99.0 Å². The number of rotatable bonds is 5. The number of H-pyrrole nitrogens is 1. The Morgan fingerprint density at radius 1 is 1.41 bits per heavy atom. The second-order valence-corrected chi connectivity index (χ2v) is 5.16. The molecule has 0 aliphatic heterocycles. The lowest BCUT2D eigenvalue weighted by Crippen LogP contribution is -2.37. The molecule has 0 spiro atoms. The van der Waals surface area contributed by atoms with Crippen LogP contribution in [-0.2, 0) is 10.0 Å². The van der Waals surface area contributed by atoms with Gasteiger partial charge in [0.1, 0.15) is 4.90 Å². The number of carbonyl (C=O) groups is 1. The molecule has 0 aromatic carbocycles. The van der Waals surface area contributed by atoms with Crippen molar-refractivity contribution in [2.24, 2.45) is 5.73 Å². The first-order chi connectivity index (χ1) is 7.84. The summed E-state index contributed by atoms with van der Waals surface area (Å²) in [6, 6.07) is -0.695. The van der Waals surface area contributed by atoms with Crippen LogP contribution in [0, 0.1) is 13.8 Å². The number of carbonyl (C=O) groups excluding carboxylic acids is 1. The molecular formula is C8H15N5O3S. The van der Waals surface area contributed by atoms with E-state index in [0.717, 1.165) is 0 Å². The van der Waals surface area contributed by atoms with Crippen LogP contribution in [0.2, 0.25) is 0 Å². The number of hydrogen-bond donors (Lipinski definition) is 4. The molecule has 2 amide bonds. The highest BCUT2D eigenvalue weighted by Crippen LogP contribution is 2.15. The molecule has 0 saturated heterocycles. The van der Waals surface area contributed by atoms with Crippen LogP contribution in [0.4, 0.5) is 4.79 Å². The van der Waals surface area contributed by atoms with Gasteiger partial charge in [0.2, 0.25) is 10.0 Å². The average Bonchev–Trinajstić information content (AvgIpc) is 2.53. The fourth-order valence-electron chi connectivity index (χ4n) is 1.38. The summed E-state index contributed by atoms with van der Waals surface area (Å²) in [5.41, 5.74) is 5.71. The quantitative estimate of drug-likeness (QED) is 0.505. The van der Waals surface area contributed by atoms with Crippen LogP contribution < -0.4 is 15.8 Å². The van der Waals surface area contributed by atoms with E-state index >= 15 is 0 Å². The van der Waals surface area contributed by atoms with Gasteiger partial charge in [0.25, 0.3) is 0 Å². The van der Waals surface area contributed by atoms with Crippen molar-refractivity contribution in [1.82, 2.24) is 20.2 Å². The normalized spacial score (nSPS) is 11.4.